The van der Waals surface area contributed by atoms with Crippen LogP contribution in [0.25, 0.3) is 10.1 Å². The summed E-state index contributed by atoms with van der Waals surface area (Å²) >= 11 is 1.24. The highest BCUT2D eigenvalue weighted by molar-refractivity contribution is 7.20. The van der Waals surface area contributed by atoms with E-state index in [2.05, 4.69) is 0 Å². The van der Waals surface area contributed by atoms with E-state index in [0.29, 0.717) is 4.88 Å². The summed E-state index contributed by atoms with van der Waals surface area (Å²) in [5, 5.41) is 0.895. The van der Waals surface area contributed by atoms with E-state index in [1.165, 1.54) is 25.4 Å². The molecule has 9 heteroatoms. The predicted octanol–water partition coefficient (Wildman–Crippen LogP) is 0.921. The zero-order valence-electron chi connectivity index (χ0n) is 14.0. The molecule has 0 saturated carbocycles. The number of hydrogen-bond donors (Lipinski definition) is 1. The molecular formula is C17H15N3O5S. The van der Waals surface area contributed by atoms with Gasteiger partial charge in [-0.1, -0.05) is 18.2 Å². The van der Waals surface area contributed by atoms with Crippen molar-refractivity contribution in [1.82, 2.24) is 9.13 Å². The molecule has 0 amide bonds. The number of ether oxygens (including phenoxy) is 1. The Kier molecular flexibility index (Phi) is 4.47. The van der Waals surface area contributed by atoms with Gasteiger partial charge in [-0.15, -0.1) is 11.3 Å². The minimum atomic E-state index is -0.825. The van der Waals surface area contributed by atoms with Crippen molar-refractivity contribution < 1.29 is 14.3 Å². The minimum absolute atomic E-state index is 0.263. The molecule has 8 nitrogen and oxygen atoms in total. The van der Waals surface area contributed by atoms with Gasteiger partial charge in [-0.25, -0.2) is 9.59 Å². The molecular weight excluding hydrogens is 358 g/mol. The number of nitrogen functional groups attached to an aromatic ring is 1. The van der Waals surface area contributed by atoms with Crippen LogP contribution in [0, 0.1) is 0 Å². The number of nitrogens with two attached hydrogens (primary N) is 1. The smallest absolute Gasteiger partial charge is 0.348 e. The lowest BCUT2D eigenvalue weighted by Gasteiger charge is -2.10. The number of carbonyl (C=O) groups excluding carboxylic acids is 2. The zero-order chi connectivity index (χ0) is 19.0. The van der Waals surface area contributed by atoms with E-state index < -0.39 is 29.6 Å². The molecule has 0 aliphatic carbocycles. The second-order valence-electron chi connectivity index (χ2n) is 5.61. The Balaban J connectivity index is 1.82. The maximum absolute atomic E-state index is 12.3. The van der Waals surface area contributed by atoms with E-state index in [4.69, 9.17) is 10.5 Å². The summed E-state index contributed by atoms with van der Waals surface area (Å²) in [6, 6.07) is 9.12. The fourth-order valence-corrected chi connectivity index (χ4v) is 3.44. The van der Waals surface area contributed by atoms with Gasteiger partial charge in [0, 0.05) is 18.8 Å². The fraction of sp³-hybridized carbons (Fsp3) is 0.176. The van der Waals surface area contributed by atoms with Crippen molar-refractivity contribution in [1.29, 1.82) is 0 Å². The maximum atomic E-state index is 12.3. The molecule has 2 N–H and O–H groups in total. The first kappa shape index (κ1) is 17.6. The number of Topliss-reactive ketones (excluding diaryl/α,β-unsaturated/α-hetero) is 1. The Morgan fingerprint density at radius 2 is 1.85 bits per heavy atom. The average Bonchev–Trinajstić information content (AvgIpc) is 3.07. The second kappa shape index (κ2) is 6.60. The molecule has 0 aliphatic heterocycles. The number of thiophene rings is 1. The van der Waals surface area contributed by atoms with Gasteiger partial charge >= 0.3 is 11.7 Å². The third-order valence-electron chi connectivity index (χ3n) is 3.95. The second-order valence-corrected chi connectivity index (χ2v) is 6.70. The van der Waals surface area contributed by atoms with Crippen LogP contribution in [0.4, 0.5) is 5.82 Å². The summed E-state index contributed by atoms with van der Waals surface area (Å²) in [6.45, 7) is -0.648. The molecule has 3 aromatic rings. The van der Waals surface area contributed by atoms with Crippen molar-refractivity contribution in [2.24, 2.45) is 14.1 Å². The predicted molar refractivity (Wildman–Crippen MR) is 97.8 cm³/mol. The van der Waals surface area contributed by atoms with E-state index in [9.17, 15) is 19.2 Å². The van der Waals surface area contributed by atoms with Crippen LogP contribution in [0.15, 0.2) is 39.9 Å². The maximum Gasteiger partial charge on any atom is 0.348 e. The first-order valence-corrected chi connectivity index (χ1v) is 8.37. The van der Waals surface area contributed by atoms with Crippen LogP contribution in [-0.2, 0) is 18.8 Å². The van der Waals surface area contributed by atoms with E-state index in [0.717, 1.165) is 19.2 Å². The summed E-state index contributed by atoms with van der Waals surface area (Å²) < 4.78 is 7.71. The first-order valence-electron chi connectivity index (χ1n) is 7.55. The number of esters is 1. The zero-order valence-corrected chi connectivity index (χ0v) is 14.8. The van der Waals surface area contributed by atoms with E-state index >= 15 is 0 Å². The van der Waals surface area contributed by atoms with Gasteiger partial charge in [0.2, 0.25) is 5.78 Å². The quantitative estimate of drug-likeness (QED) is 0.537. The van der Waals surface area contributed by atoms with E-state index in [1.807, 2.05) is 24.3 Å². The minimum Gasteiger partial charge on any atom is -0.453 e. The number of anilines is 1. The number of benzene rings is 1. The van der Waals surface area contributed by atoms with Crippen LogP contribution in [0.2, 0.25) is 0 Å². The topological polar surface area (TPSA) is 113 Å². The third-order valence-corrected chi connectivity index (χ3v) is 5.05. The molecule has 0 saturated heterocycles. The SMILES string of the molecule is Cn1c(N)c(C(=O)COC(=O)c2cc3ccccc3s2)c(=O)n(C)c1=O. The van der Waals surface area contributed by atoms with Gasteiger partial charge in [0.25, 0.3) is 5.56 Å². The molecule has 2 heterocycles. The van der Waals surface area contributed by atoms with Crippen LogP contribution in [0.1, 0.15) is 20.0 Å². The van der Waals surface area contributed by atoms with Gasteiger partial charge in [0.05, 0.1) is 0 Å². The normalized spacial score (nSPS) is 10.8. The first-order chi connectivity index (χ1) is 12.3. The summed E-state index contributed by atoms with van der Waals surface area (Å²) in [5.74, 6) is -1.70. The standard InChI is InChI=1S/C17H15N3O5S/c1-19-14(18)13(15(22)20(2)17(19)24)10(21)8-25-16(23)12-7-9-5-3-4-6-11(9)26-12/h3-7H,8,18H2,1-2H3. The number of aromatic nitrogens is 2. The van der Waals surface area contributed by atoms with Gasteiger partial charge in [-0.05, 0) is 17.5 Å². The van der Waals surface area contributed by atoms with Crippen molar-refractivity contribution in [2.75, 3.05) is 12.3 Å². The van der Waals surface area contributed by atoms with Crippen LogP contribution < -0.4 is 17.0 Å². The Bertz CT molecular complexity index is 1120. The van der Waals surface area contributed by atoms with Crippen LogP contribution in [-0.4, -0.2) is 27.5 Å². The van der Waals surface area contributed by atoms with E-state index in [1.54, 1.807) is 6.07 Å². The van der Waals surface area contributed by atoms with Gasteiger partial charge in [-0.3, -0.25) is 18.7 Å². The highest BCUT2D eigenvalue weighted by Crippen LogP contribution is 2.25. The van der Waals surface area contributed by atoms with Crippen molar-refractivity contribution >= 4 is 39.0 Å². The molecule has 0 spiro atoms. The average molecular weight is 373 g/mol. The molecule has 0 aliphatic rings. The summed E-state index contributed by atoms with van der Waals surface area (Å²) in [6.07, 6.45) is 0. The van der Waals surface area contributed by atoms with Gasteiger partial charge in [-0.2, -0.15) is 0 Å². The molecule has 0 radical (unpaired) electrons. The Labute approximate surface area is 151 Å². The van der Waals surface area contributed by atoms with Crippen molar-refractivity contribution in [3.05, 3.63) is 61.6 Å². The molecule has 26 heavy (non-hydrogen) atoms. The van der Waals surface area contributed by atoms with Crippen LogP contribution >= 0.6 is 11.3 Å². The Morgan fingerprint density at radius 3 is 2.54 bits per heavy atom. The number of nitrogens with zero attached hydrogens (tertiary/aromatic N) is 2. The molecule has 0 unspecified atom stereocenters. The number of ketones is 1. The molecule has 0 bridgehead atoms. The molecule has 0 fully saturated rings. The van der Waals surface area contributed by atoms with Crippen molar-refractivity contribution in [3.8, 4) is 0 Å². The van der Waals surface area contributed by atoms with Gasteiger partial charge < -0.3 is 10.5 Å². The Morgan fingerprint density at radius 1 is 1.15 bits per heavy atom. The van der Waals surface area contributed by atoms with Crippen LogP contribution in [0.5, 0.6) is 0 Å². The van der Waals surface area contributed by atoms with Gasteiger partial charge in [0.1, 0.15) is 16.3 Å². The summed E-state index contributed by atoms with van der Waals surface area (Å²) in [5.41, 5.74) is 3.86. The van der Waals surface area contributed by atoms with Crippen LogP contribution in [0.3, 0.4) is 0 Å². The molecule has 134 valence electrons. The number of hydrogen-bond acceptors (Lipinski definition) is 7. The van der Waals surface area contributed by atoms with Crippen molar-refractivity contribution in [2.45, 2.75) is 0 Å². The number of rotatable bonds is 4. The van der Waals surface area contributed by atoms with Crippen molar-refractivity contribution in [3.63, 3.8) is 0 Å². The molecule has 1 aromatic carbocycles. The lowest BCUT2D eigenvalue weighted by molar-refractivity contribution is 0.0479. The highest BCUT2D eigenvalue weighted by Gasteiger charge is 2.22. The highest BCUT2D eigenvalue weighted by atomic mass is 32.1. The summed E-state index contributed by atoms with van der Waals surface area (Å²) in [7, 11) is 2.58. The third kappa shape index (κ3) is 2.93. The summed E-state index contributed by atoms with van der Waals surface area (Å²) in [4.78, 5) is 48.8. The van der Waals surface area contributed by atoms with Gasteiger partial charge in [0.15, 0.2) is 6.61 Å². The molecule has 2 aromatic heterocycles. The number of carbonyl (C=O) groups is 2. The fourth-order valence-electron chi connectivity index (χ4n) is 2.48. The number of fused-ring (bicyclic) bond motifs is 1. The largest absolute Gasteiger partial charge is 0.453 e. The molecule has 0 atom stereocenters. The lowest BCUT2D eigenvalue weighted by Crippen LogP contribution is -2.42. The lowest BCUT2D eigenvalue weighted by atomic mass is 10.2. The molecule has 3 rings (SSSR count). The Hall–Kier alpha value is -3.20. The van der Waals surface area contributed by atoms with E-state index in [-0.39, 0.29) is 11.4 Å². The monoisotopic (exact) mass is 373 g/mol.